The molecule has 0 saturated carbocycles. The van der Waals surface area contributed by atoms with E-state index in [-0.39, 0.29) is 10.8 Å². The van der Waals surface area contributed by atoms with Gasteiger partial charge in [-0.1, -0.05) is 29.8 Å². The molecule has 0 N–H and O–H groups in total. The zero-order valence-electron chi connectivity index (χ0n) is 12.9. The maximum atomic E-state index is 11.6. The molecule has 0 unspecified atom stereocenters. The van der Waals surface area contributed by atoms with Gasteiger partial charge < -0.3 is 4.90 Å². The summed E-state index contributed by atoms with van der Waals surface area (Å²) in [6.45, 7) is 3.61. The Hall–Kier alpha value is -1.07. The molecule has 0 aliphatic carbocycles. The molecular formula is C17H17Cl2NO2S. The predicted octanol–water partition coefficient (Wildman–Crippen LogP) is 4.15. The SMILES string of the molecule is Cc1cc(Cl)c2c(c1)[C@H](c1cccc(S(=O)(=O)Cl)c1)CN(C)C2. The molecule has 0 aromatic heterocycles. The largest absolute Gasteiger partial charge is 0.301 e. The Labute approximate surface area is 146 Å². The van der Waals surface area contributed by atoms with E-state index in [9.17, 15) is 8.42 Å². The van der Waals surface area contributed by atoms with Gasteiger partial charge in [-0.05, 0) is 54.4 Å². The molecule has 3 nitrogen and oxygen atoms in total. The van der Waals surface area contributed by atoms with Gasteiger partial charge in [0.2, 0.25) is 0 Å². The Bertz CT molecular complexity index is 865. The quantitative estimate of drug-likeness (QED) is 0.746. The van der Waals surface area contributed by atoms with Crippen LogP contribution in [-0.4, -0.2) is 26.9 Å². The van der Waals surface area contributed by atoms with Crippen LogP contribution in [0.25, 0.3) is 0 Å². The molecule has 6 heteroatoms. The van der Waals surface area contributed by atoms with Crippen molar-refractivity contribution in [2.24, 2.45) is 0 Å². The highest BCUT2D eigenvalue weighted by Gasteiger charge is 2.27. The number of fused-ring (bicyclic) bond motifs is 1. The number of rotatable bonds is 2. The van der Waals surface area contributed by atoms with Gasteiger partial charge in [0.05, 0.1) is 4.90 Å². The molecule has 0 saturated heterocycles. The highest BCUT2D eigenvalue weighted by molar-refractivity contribution is 8.13. The molecule has 1 heterocycles. The van der Waals surface area contributed by atoms with Crippen LogP contribution in [0.3, 0.4) is 0 Å². The minimum atomic E-state index is -3.74. The summed E-state index contributed by atoms with van der Waals surface area (Å²) in [5, 5.41) is 0.762. The van der Waals surface area contributed by atoms with Crippen LogP contribution in [0.2, 0.25) is 5.02 Å². The third-order valence-corrected chi connectivity index (χ3v) is 5.90. The van der Waals surface area contributed by atoms with Gasteiger partial charge in [-0.2, -0.15) is 0 Å². The summed E-state index contributed by atoms with van der Waals surface area (Å²) in [5.41, 5.74) is 4.30. The number of benzene rings is 2. The number of hydrogen-bond acceptors (Lipinski definition) is 3. The van der Waals surface area contributed by atoms with Gasteiger partial charge in [-0.25, -0.2) is 8.42 Å². The molecule has 122 valence electrons. The first-order valence-electron chi connectivity index (χ1n) is 7.28. The van der Waals surface area contributed by atoms with Gasteiger partial charge in [0.15, 0.2) is 0 Å². The molecule has 3 rings (SSSR count). The standard InChI is InChI=1S/C17H17Cl2NO2S/c1-11-6-14-15(9-20(2)10-16(14)17(18)7-11)12-4-3-5-13(8-12)23(19,21)22/h3-8,15H,9-10H2,1-2H3/t15-/m0/s1. The van der Waals surface area contributed by atoms with E-state index >= 15 is 0 Å². The lowest BCUT2D eigenvalue weighted by Crippen LogP contribution is -2.31. The fourth-order valence-corrected chi connectivity index (χ4v) is 4.34. The average molecular weight is 370 g/mol. The Balaban J connectivity index is 2.15. The first-order valence-corrected chi connectivity index (χ1v) is 9.96. The normalized spacial score (nSPS) is 18.7. The number of likely N-dealkylation sites (N-methyl/N-ethyl adjacent to an activating group) is 1. The van der Waals surface area contributed by atoms with Crippen molar-refractivity contribution in [1.29, 1.82) is 0 Å². The average Bonchev–Trinajstić information content (AvgIpc) is 2.47. The molecule has 1 aliphatic rings. The number of aryl methyl sites for hydroxylation is 1. The topological polar surface area (TPSA) is 37.4 Å². The second kappa shape index (κ2) is 6.10. The number of halogens is 2. The van der Waals surface area contributed by atoms with Crippen LogP contribution >= 0.6 is 22.3 Å². The van der Waals surface area contributed by atoms with Gasteiger partial charge in [-0.15, -0.1) is 0 Å². The molecule has 2 aromatic carbocycles. The van der Waals surface area contributed by atoms with Gasteiger partial charge >= 0.3 is 0 Å². The molecule has 0 radical (unpaired) electrons. The third kappa shape index (κ3) is 3.41. The Kier molecular flexibility index (Phi) is 4.45. The summed E-state index contributed by atoms with van der Waals surface area (Å²) < 4.78 is 23.2. The van der Waals surface area contributed by atoms with Crippen LogP contribution in [-0.2, 0) is 15.6 Å². The van der Waals surface area contributed by atoms with Crippen LogP contribution in [0.15, 0.2) is 41.3 Å². The summed E-state index contributed by atoms with van der Waals surface area (Å²) in [4.78, 5) is 2.32. The minimum absolute atomic E-state index is 0.0690. The highest BCUT2D eigenvalue weighted by Crippen LogP contribution is 2.37. The van der Waals surface area contributed by atoms with E-state index in [1.165, 1.54) is 6.07 Å². The van der Waals surface area contributed by atoms with E-state index in [1.54, 1.807) is 12.1 Å². The molecular weight excluding hydrogens is 353 g/mol. The zero-order chi connectivity index (χ0) is 16.8. The Morgan fingerprint density at radius 2 is 1.96 bits per heavy atom. The summed E-state index contributed by atoms with van der Waals surface area (Å²) in [6, 6.07) is 11.0. The van der Waals surface area contributed by atoms with Gasteiger partial charge in [-0.3, -0.25) is 0 Å². The number of nitrogens with zero attached hydrogens (tertiary/aromatic N) is 1. The molecule has 2 aromatic rings. The summed E-state index contributed by atoms with van der Waals surface area (Å²) in [7, 11) is 3.79. The molecule has 23 heavy (non-hydrogen) atoms. The Morgan fingerprint density at radius 3 is 2.65 bits per heavy atom. The van der Waals surface area contributed by atoms with Crippen molar-refractivity contribution in [3.05, 3.63) is 63.7 Å². The van der Waals surface area contributed by atoms with Crippen LogP contribution in [0.4, 0.5) is 0 Å². The van der Waals surface area contributed by atoms with E-state index < -0.39 is 9.05 Å². The van der Waals surface area contributed by atoms with Crippen LogP contribution in [0.1, 0.15) is 28.2 Å². The molecule has 1 aliphatic heterocycles. The first-order chi connectivity index (χ1) is 10.8. The van der Waals surface area contributed by atoms with Gasteiger partial charge in [0.1, 0.15) is 0 Å². The Morgan fingerprint density at radius 1 is 1.22 bits per heavy atom. The van der Waals surface area contributed by atoms with E-state index in [1.807, 2.05) is 26.1 Å². The lowest BCUT2D eigenvalue weighted by atomic mass is 9.84. The molecule has 0 spiro atoms. The second-order valence-electron chi connectivity index (χ2n) is 6.07. The van der Waals surface area contributed by atoms with E-state index in [0.717, 1.165) is 40.4 Å². The number of hydrogen-bond donors (Lipinski definition) is 0. The molecule has 0 fully saturated rings. The monoisotopic (exact) mass is 369 g/mol. The van der Waals surface area contributed by atoms with Crippen molar-refractivity contribution < 1.29 is 8.42 Å². The van der Waals surface area contributed by atoms with Crippen LogP contribution in [0.5, 0.6) is 0 Å². The van der Waals surface area contributed by atoms with Crippen molar-refractivity contribution >= 4 is 31.3 Å². The van der Waals surface area contributed by atoms with Crippen molar-refractivity contribution in [3.8, 4) is 0 Å². The lowest BCUT2D eigenvalue weighted by Gasteiger charge is -2.33. The van der Waals surface area contributed by atoms with Crippen molar-refractivity contribution in [3.63, 3.8) is 0 Å². The maximum Gasteiger partial charge on any atom is 0.261 e. The smallest absolute Gasteiger partial charge is 0.261 e. The minimum Gasteiger partial charge on any atom is -0.301 e. The van der Waals surface area contributed by atoms with E-state index in [2.05, 4.69) is 11.0 Å². The fraction of sp³-hybridized carbons (Fsp3) is 0.294. The fourth-order valence-electron chi connectivity index (χ4n) is 3.19. The summed E-state index contributed by atoms with van der Waals surface area (Å²) in [6.07, 6.45) is 0. The second-order valence-corrected chi connectivity index (χ2v) is 9.05. The van der Waals surface area contributed by atoms with Crippen LogP contribution < -0.4 is 0 Å². The summed E-state index contributed by atoms with van der Waals surface area (Å²) in [5.74, 6) is 0.0690. The maximum absolute atomic E-state index is 11.6. The first kappa shape index (κ1) is 16.8. The van der Waals surface area contributed by atoms with Gasteiger partial charge in [0, 0.05) is 34.7 Å². The molecule has 1 atom stereocenters. The molecule has 0 bridgehead atoms. The van der Waals surface area contributed by atoms with E-state index in [4.69, 9.17) is 22.3 Å². The van der Waals surface area contributed by atoms with Crippen molar-refractivity contribution in [2.45, 2.75) is 24.3 Å². The van der Waals surface area contributed by atoms with Crippen LogP contribution in [0, 0.1) is 6.92 Å². The van der Waals surface area contributed by atoms with Crippen molar-refractivity contribution in [1.82, 2.24) is 4.90 Å². The third-order valence-electron chi connectivity index (χ3n) is 4.21. The zero-order valence-corrected chi connectivity index (χ0v) is 15.2. The summed E-state index contributed by atoms with van der Waals surface area (Å²) >= 11 is 6.43. The van der Waals surface area contributed by atoms with Gasteiger partial charge in [0.25, 0.3) is 9.05 Å². The highest BCUT2D eigenvalue weighted by atomic mass is 35.7. The van der Waals surface area contributed by atoms with E-state index in [0.29, 0.717) is 0 Å². The lowest BCUT2D eigenvalue weighted by molar-refractivity contribution is 0.295. The van der Waals surface area contributed by atoms with Crippen molar-refractivity contribution in [2.75, 3.05) is 13.6 Å². The predicted molar refractivity (Wildman–Crippen MR) is 93.8 cm³/mol. The molecule has 0 amide bonds.